The number of unbranched alkanes of at least 4 members (excludes halogenated alkanes) is 51. The highest BCUT2D eigenvalue weighted by Crippen LogP contribution is 2.19. The van der Waals surface area contributed by atoms with Gasteiger partial charge in [0.15, 0.2) is 0 Å². The largest absolute Gasteiger partial charge is 0.466 e. The Morgan fingerprint density at radius 1 is 0.337 bits per heavy atom. The van der Waals surface area contributed by atoms with Gasteiger partial charge in [-0.25, -0.2) is 0 Å². The summed E-state index contributed by atoms with van der Waals surface area (Å²) >= 11 is 0. The number of esters is 1. The average molecular weight is 1170 g/mol. The van der Waals surface area contributed by atoms with Crippen LogP contribution in [-0.4, -0.2) is 47.4 Å². The van der Waals surface area contributed by atoms with Gasteiger partial charge in [0, 0.05) is 12.8 Å². The predicted octanol–water partition coefficient (Wildman–Crippen LogP) is 24.4. The molecule has 488 valence electrons. The van der Waals surface area contributed by atoms with Crippen LogP contribution in [0.15, 0.2) is 48.6 Å². The molecule has 2 unspecified atom stereocenters. The maximum absolute atomic E-state index is 12.5. The molecule has 2 atom stereocenters. The minimum atomic E-state index is -0.661. The lowest BCUT2D eigenvalue weighted by molar-refractivity contribution is -0.143. The van der Waals surface area contributed by atoms with Gasteiger partial charge in [-0.05, 0) is 89.9 Å². The molecule has 0 aromatic heterocycles. The first-order chi connectivity index (χ1) is 41.0. The number of nitrogens with one attached hydrogen (secondary N) is 1. The van der Waals surface area contributed by atoms with Gasteiger partial charge >= 0.3 is 5.97 Å². The van der Waals surface area contributed by atoms with Crippen LogP contribution in [0.3, 0.4) is 0 Å². The maximum Gasteiger partial charge on any atom is 0.305 e. The van der Waals surface area contributed by atoms with Gasteiger partial charge in [-0.15, -0.1) is 0 Å². The molecule has 0 fully saturated rings. The van der Waals surface area contributed by atoms with E-state index in [4.69, 9.17) is 4.74 Å². The Labute approximate surface area is 518 Å². The zero-order valence-electron chi connectivity index (χ0n) is 55.9. The van der Waals surface area contributed by atoms with Gasteiger partial charge in [0.25, 0.3) is 0 Å². The Kier molecular flexibility index (Phi) is 70.4. The van der Waals surface area contributed by atoms with Crippen LogP contribution in [0.5, 0.6) is 0 Å². The van der Waals surface area contributed by atoms with Crippen LogP contribution in [0, 0.1) is 0 Å². The molecule has 0 aromatic carbocycles. The Morgan fingerprint density at radius 3 is 0.940 bits per heavy atom. The molecule has 0 heterocycles. The zero-order valence-corrected chi connectivity index (χ0v) is 55.9. The van der Waals surface area contributed by atoms with E-state index in [1.54, 1.807) is 0 Å². The van der Waals surface area contributed by atoms with Gasteiger partial charge in [-0.3, -0.25) is 9.59 Å². The zero-order chi connectivity index (χ0) is 59.9. The Balaban J connectivity index is 3.33. The molecular formula is C77H145NO5. The summed E-state index contributed by atoms with van der Waals surface area (Å²) in [6, 6.07) is -0.538. The molecule has 0 aliphatic heterocycles. The first-order valence-corrected chi connectivity index (χ1v) is 37.4. The fourth-order valence-corrected chi connectivity index (χ4v) is 11.6. The lowest BCUT2D eigenvalue weighted by Crippen LogP contribution is -2.45. The highest BCUT2D eigenvalue weighted by Gasteiger charge is 2.20. The fourth-order valence-electron chi connectivity index (χ4n) is 11.6. The summed E-state index contributed by atoms with van der Waals surface area (Å²) in [6.45, 7) is 4.94. The molecule has 0 aromatic rings. The van der Waals surface area contributed by atoms with Crippen molar-refractivity contribution in [2.45, 2.75) is 418 Å². The van der Waals surface area contributed by atoms with Gasteiger partial charge in [-0.2, -0.15) is 0 Å². The number of carbonyl (C=O) groups excluding carboxylic acids is 2. The summed E-state index contributed by atoms with van der Waals surface area (Å²) in [6.07, 6.45) is 94.8. The first kappa shape index (κ1) is 80.8. The highest BCUT2D eigenvalue weighted by atomic mass is 16.5. The quantitative estimate of drug-likeness (QED) is 0.0320. The van der Waals surface area contributed by atoms with E-state index < -0.39 is 12.1 Å². The lowest BCUT2D eigenvalue weighted by atomic mass is 10.0. The van der Waals surface area contributed by atoms with Gasteiger partial charge in [-0.1, -0.05) is 351 Å². The monoisotopic (exact) mass is 1160 g/mol. The predicted molar refractivity (Wildman–Crippen MR) is 366 cm³/mol. The van der Waals surface area contributed by atoms with Gasteiger partial charge < -0.3 is 20.3 Å². The van der Waals surface area contributed by atoms with Crippen molar-refractivity contribution in [3.05, 3.63) is 48.6 Å². The van der Waals surface area contributed by atoms with E-state index >= 15 is 0 Å². The molecule has 3 N–H and O–H groups in total. The SMILES string of the molecule is CCCCC/C=C\C/C=C\CCCCCCCCCCCC(=O)OCCCCCCCCCCCCCCC/C=C\C/C=C\CCCCCCCCCCCCCCCCCCCC(=O)NC(CO)C(O)CCCCCCCCCCCC. The van der Waals surface area contributed by atoms with E-state index in [2.05, 4.69) is 67.8 Å². The number of hydrogen-bond donors (Lipinski definition) is 3. The normalized spacial score (nSPS) is 12.8. The molecule has 0 spiro atoms. The van der Waals surface area contributed by atoms with Crippen molar-refractivity contribution in [3.8, 4) is 0 Å². The average Bonchev–Trinajstić information content (AvgIpc) is 3.50. The smallest absolute Gasteiger partial charge is 0.305 e. The van der Waals surface area contributed by atoms with E-state index in [1.807, 2.05) is 0 Å². The maximum atomic E-state index is 12.5. The van der Waals surface area contributed by atoms with E-state index in [9.17, 15) is 19.8 Å². The third-order valence-electron chi connectivity index (χ3n) is 17.4. The number of carbonyl (C=O) groups is 2. The number of allylic oxidation sites excluding steroid dienone is 8. The van der Waals surface area contributed by atoms with Crippen molar-refractivity contribution in [1.82, 2.24) is 5.32 Å². The van der Waals surface area contributed by atoms with Crippen LogP contribution in [0.25, 0.3) is 0 Å². The van der Waals surface area contributed by atoms with Crippen LogP contribution >= 0.6 is 0 Å². The van der Waals surface area contributed by atoms with Crippen molar-refractivity contribution < 1.29 is 24.5 Å². The van der Waals surface area contributed by atoms with Crippen LogP contribution in [0.4, 0.5) is 0 Å². The van der Waals surface area contributed by atoms with Crippen molar-refractivity contribution in [2.24, 2.45) is 0 Å². The number of hydrogen-bond acceptors (Lipinski definition) is 5. The Hall–Kier alpha value is -2.18. The standard InChI is InChI=1S/C77H145NO5/c1-3-5-7-9-11-13-15-16-17-18-38-42-45-48-51-55-59-63-67-71-77(82)83-72-68-64-60-56-52-49-46-43-40-37-35-33-31-29-27-25-23-21-19-20-22-24-26-28-30-32-34-36-39-41-44-47-50-54-58-62-66-70-76(81)78-74(73-79)75(80)69-65-61-57-53-14-12-10-8-6-4-2/h11,13,16-17,19,21,25,27,74-75,79-80H,3-10,12,14-15,18,20,22-24,26,28-73H2,1-2H3,(H,78,81)/b13-11-,17-16-,21-19-,27-25-. The van der Waals surface area contributed by atoms with E-state index in [0.717, 1.165) is 57.8 Å². The molecule has 0 rings (SSSR count). The minimum absolute atomic E-state index is 0.0152. The molecule has 1 amide bonds. The van der Waals surface area contributed by atoms with Crippen LogP contribution in [-0.2, 0) is 14.3 Å². The van der Waals surface area contributed by atoms with Gasteiger partial charge in [0.2, 0.25) is 5.91 Å². The van der Waals surface area contributed by atoms with Crippen LogP contribution in [0.1, 0.15) is 406 Å². The molecule has 83 heavy (non-hydrogen) atoms. The molecule has 0 radical (unpaired) electrons. The van der Waals surface area contributed by atoms with Crippen LogP contribution < -0.4 is 5.32 Å². The number of rotatable bonds is 70. The first-order valence-electron chi connectivity index (χ1n) is 37.4. The van der Waals surface area contributed by atoms with Crippen molar-refractivity contribution in [2.75, 3.05) is 13.2 Å². The third-order valence-corrected chi connectivity index (χ3v) is 17.4. The number of aliphatic hydroxyl groups excluding tert-OH is 2. The molecule has 0 saturated carbocycles. The summed E-state index contributed by atoms with van der Waals surface area (Å²) in [7, 11) is 0. The molecule has 6 nitrogen and oxygen atoms in total. The molecular weight excluding hydrogens is 1020 g/mol. The van der Waals surface area contributed by atoms with E-state index in [1.165, 1.54) is 315 Å². The van der Waals surface area contributed by atoms with Crippen molar-refractivity contribution in [3.63, 3.8) is 0 Å². The number of amides is 1. The van der Waals surface area contributed by atoms with Gasteiger partial charge in [0.1, 0.15) is 0 Å². The highest BCUT2D eigenvalue weighted by molar-refractivity contribution is 5.76. The second-order valence-corrected chi connectivity index (χ2v) is 25.6. The molecule has 0 aliphatic rings. The molecule has 0 aliphatic carbocycles. The van der Waals surface area contributed by atoms with Crippen LogP contribution in [0.2, 0.25) is 0 Å². The Morgan fingerprint density at radius 2 is 0.602 bits per heavy atom. The number of aliphatic hydroxyl groups is 2. The van der Waals surface area contributed by atoms with Crippen molar-refractivity contribution in [1.29, 1.82) is 0 Å². The Bertz CT molecular complexity index is 1390. The van der Waals surface area contributed by atoms with Crippen molar-refractivity contribution >= 4 is 11.9 Å². The molecule has 0 saturated heterocycles. The van der Waals surface area contributed by atoms with Gasteiger partial charge in [0.05, 0.1) is 25.4 Å². The van der Waals surface area contributed by atoms with E-state index in [-0.39, 0.29) is 18.5 Å². The molecule has 0 bridgehead atoms. The topological polar surface area (TPSA) is 95.9 Å². The summed E-state index contributed by atoms with van der Waals surface area (Å²) in [5.74, 6) is -0.0173. The second kappa shape index (κ2) is 72.3. The lowest BCUT2D eigenvalue weighted by Gasteiger charge is -2.22. The summed E-state index contributed by atoms with van der Waals surface area (Å²) in [4.78, 5) is 24.6. The summed E-state index contributed by atoms with van der Waals surface area (Å²) in [5.41, 5.74) is 0. The third kappa shape index (κ3) is 68.8. The number of ether oxygens (including phenoxy) is 1. The van der Waals surface area contributed by atoms with E-state index in [0.29, 0.717) is 25.9 Å². The fraction of sp³-hybridized carbons (Fsp3) is 0.870. The summed E-state index contributed by atoms with van der Waals surface area (Å²) in [5, 5.41) is 23.2. The second-order valence-electron chi connectivity index (χ2n) is 25.6. The minimum Gasteiger partial charge on any atom is -0.466 e. The summed E-state index contributed by atoms with van der Waals surface area (Å²) < 4.78 is 5.51. The molecule has 6 heteroatoms.